The standard InChI is InChI=1S/C22H22N6OS/c1-14(2)19-21-24-20(15-7-4-3-5-8-15)26-28(21)11-10-27(19)22(29)16-13-23-25-18(16)17-9-6-12-30-17/h3-9,12-14,19H,10-11H2,1-2H3,(H,23,25)/t19-/m0/s1. The smallest absolute Gasteiger partial charge is 0.258 e. The zero-order chi connectivity index (χ0) is 20.7. The van der Waals surface area contributed by atoms with Gasteiger partial charge in [0, 0.05) is 12.1 Å². The minimum Gasteiger partial charge on any atom is -0.326 e. The van der Waals surface area contributed by atoms with E-state index in [1.54, 1.807) is 17.5 Å². The fourth-order valence-corrected chi connectivity index (χ4v) is 4.76. The first-order valence-electron chi connectivity index (χ1n) is 10.0. The van der Waals surface area contributed by atoms with Crippen LogP contribution in [-0.4, -0.2) is 42.3 Å². The van der Waals surface area contributed by atoms with Crippen molar-refractivity contribution in [1.29, 1.82) is 0 Å². The highest BCUT2D eigenvalue weighted by atomic mass is 32.1. The quantitative estimate of drug-likeness (QED) is 0.537. The number of nitrogens with one attached hydrogen (secondary N) is 1. The molecule has 0 aliphatic carbocycles. The van der Waals surface area contributed by atoms with Crippen molar-refractivity contribution in [3.63, 3.8) is 0 Å². The predicted octanol–water partition coefficient (Wildman–Crippen LogP) is 4.25. The maximum atomic E-state index is 13.6. The van der Waals surface area contributed by atoms with Crippen LogP contribution in [0, 0.1) is 5.92 Å². The van der Waals surface area contributed by atoms with Gasteiger partial charge in [-0.3, -0.25) is 9.89 Å². The Bertz CT molecular complexity index is 1160. The van der Waals surface area contributed by atoms with Gasteiger partial charge in [-0.25, -0.2) is 9.67 Å². The lowest BCUT2D eigenvalue weighted by Crippen LogP contribution is -2.44. The summed E-state index contributed by atoms with van der Waals surface area (Å²) in [6.45, 7) is 5.44. The molecule has 0 saturated carbocycles. The van der Waals surface area contributed by atoms with Gasteiger partial charge in [0.25, 0.3) is 5.91 Å². The van der Waals surface area contributed by atoms with Gasteiger partial charge in [-0.2, -0.15) is 10.2 Å². The van der Waals surface area contributed by atoms with Crippen molar-refractivity contribution in [2.24, 2.45) is 5.92 Å². The molecule has 4 heterocycles. The molecule has 30 heavy (non-hydrogen) atoms. The summed E-state index contributed by atoms with van der Waals surface area (Å²) in [5.74, 6) is 1.71. The van der Waals surface area contributed by atoms with Gasteiger partial charge < -0.3 is 4.90 Å². The highest BCUT2D eigenvalue weighted by molar-refractivity contribution is 7.13. The molecule has 0 fully saturated rings. The molecule has 1 aromatic carbocycles. The molecule has 1 aliphatic rings. The van der Waals surface area contributed by atoms with Gasteiger partial charge in [0.1, 0.15) is 0 Å². The Hall–Kier alpha value is -3.26. The molecule has 3 aromatic heterocycles. The fraction of sp³-hybridized carbons (Fsp3) is 0.273. The van der Waals surface area contributed by atoms with E-state index in [1.807, 2.05) is 57.4 Å². The van der Waals surface area contributed by atoms with E-state index < -0.39 is 0 Å². The van der Waals surface area contributed by atoms with Crippen LogP contribution in [0.2, 0.25) is 0 Å². The number of thiophene rings is 1. The van der Waals surface area contributed by atoms with Crippen LogP contribution in [0.4, 0.5) is 0 Å². The molecule has 1 atom stereocenters. The first kappa shape index (κ1) is 18.7. The maximum Gasteiger partial charge on any atom is 0.258 e. The first-order valence-corrected chi connectivity index (χ1v) is 10.9. The molecule has 8 heteroatoms. The second-order valence-corrected chi connectivity index (χ2v) is 8.65. The number of rotatable bonds is 4. The molecule has 7 nitrogen and oxygen atoms in total. The zero-order valence-corrected chi connectivity index (χ0v) is 17.6. The van der Waals surface area contributed by atoms with E-state index in [2.05, 4.69) is 24.0 Å². The number of nitrogens with zero attached hydrogens (tertiary/aromatic N) is 5. The molecule has 1 aliphatic heterocycles. The monoisotopic (exact) mass is 418 g/mol. The zero-order valence-electron chi connectivity index (χ0n) is 16.8. The minimum absolute atomic E-state index is 0.0265. The molecule has 0 bridgehead atoms. The topological polar surface area (TPSA) is 79.7 Å². The number of hydrogen-bond donors (Lipinski definition) is 1. The molecule has 0 unspecified atom stereocenters. The van der Waals surface area contributed by atoms with Crippen molar-refractivity contribution in [2.75, 3.05) is 6.54 Å². The number of carbonyl (C=O) groups excluding carboxylic acids is 1. The van der Waals surface area contributed by atoms with Crippen LogP contribution < -0.4 is 0 Å². The molecular weight excluding hydrogens is 396 g/mol. The lowest BCUT2D eigenvalue weighted by Gasteiger charge is -2.37. The highest BCUT2D eigenvalue weighted by Gasteiger charge is 2.37. The van der Waals surface area contributed by atoms with E-state index in [0.717, 1.165) is 22.0 Å². The summed E-state index contributed by atoms with van der Waals surface area (Å²) in [5.41, 5.74) is 2.35. The van der Waals surface area contributed by atoms with Crippen LogP contribution >= 0.6 is 11.3 Å². The third-order valence-electron chi connectivity index (χ3n) is 5.42. The summed E-state index contributed by atoms with van der Waals surface area (Å²) < 4.78 is 1.95. The van der Waals surface area contributed by atoms with Gasteiger partial charge in [-0.15, -0.1) is 11.3 Å². The molecular formula is C22H22N6OS. The number of aromatic nitrogens is 5. The van der Waals surface area contributed by atoms with Crippen molar-refractivity contribution in [1.82, 2.24) is 29.9 Å². The Morgan fingerprint density at radius 1 is 1.17 bits per heavy atom. The third kappa shape index (κ3) is 3.13. The molecule has 4 aromatic rings. The average Bonchev–Trinajstić information content (AvgIpc) is 3.52. The van der Waals surface area contributed by atoms with Crippen molar-refractivity contribution >= 4 is 17.2 Å². The molecule has 0 spiro atoms. The van der Waals surface area contributed by atoms with Gasteiger partial charge in [0.05, 0.1) is 34.9 Å². The maximum absolute atomic E-state index is 13.6. The van der Waals surface area contributed by atoms with Crippen molar-refractivity contribution < 1.29 is 4.79 Å². The van der Waals surface area contributed by atoms with E-state index in [0.29, 0.717) is 24.5 Å². The molecule has 1 N–H and O–H groups in total. The van der Waals surface area contributed by atoms with Crippen molar-refractivity contribution in [3.8, 4) is 22.0 Å². The Labute approximate surface area is 178 Å². The first-order chi connectivity index (χ1) is 14.6. The van der Waals surface area contributed by atoms with E-state index in [9.17, 15) is 4.79 Å². The molecule has 152 valence electrons. The summed E-state index contributed by atoms with van der Waals surface area (Å²) >= 11 is 1.59. The van der Waals surface area contributed by atoms with E-state index in [4.69, 9.17) is 10.1 Å². The third-order valence-corrected chi connectivity index (χ3v) is 6.30. The molecule has 0 radical (unpaired) electrons. The number of H-pyrrole nitrogens is 1. The number of fused-ring (bicyclic) bond motifs is 1. The van der Waals surface area contributed by atoms with Crippen molar-refractivity contribution in [2.45, 2.75) is 26.4 Å². The van der Waals surface area contributed by atoms with E-state index in [-0.39, 0.29) is 17.9 Å². The van der Waals surface area contributed by atoms with Gasteiger partial charge in [0.15, 0.2) is 11.6 Å². The summed E-state index contributed by atoms with van der Waals surface area (Å²) in [7, 11) is 0. The highest BCUT2D eigenvalue weighted by Crippen LogP contribution is 2.35. The van der Waals surface area contributed by atoms with Crippen LogP contribution in [0.1, 0.15) is 36.1 Å². The normalized spacial score (nSPS) is 16.1. The lowest BCUT2D eigenvalue weighted by molar-refractivity contribution is 0.0537. The van der Waals surface area contributed by atoms with E-state index >= 15 is 0 Å². The van der Waals surface area contributed by atoms with Crippen LogP contribution in [-0.2, 0) is 6.54 Å². The number of carbonyl (C=O) groups is 1. The Morgan fingerprint density at radius 2 is 2.00 bits per heavy atom. The summed E-state index contributed by atoms with van der Waals surface area (Å²) in [6.07, 6.45) is 1.63. The van der Waals surface area contributed by atoms with Gasteiger partial charge in [-0.05, 0) is 17.4 Å². The van der Waals surface area contributed by atoms with Crippen LogP contribution in [0.3, 0.4) is 0 Å². The second-order valence-electron chi connectivity index (χ2n) is 7.71. The average molecular weight is 419 g/mol. The molecule has 1 amide bonds. The number of aromatic amines is 1. The number of hydrogen-bond acceptors (Lipinski definition) is 5. The molecule has 0 saturated heterocycles. The summed E-state index contributed by atoms with van der Waals surface area (Å²) in [5, 5.41) is 13.9. The van der Waals surface area contributed by atoms with Gasteiger partial charge in [-0.1, -0.05) is 50.2 Å². The predicted molar refractivity (Wildman–Crippen MR) is 116 cm³/mol. The SMILES string of the molecule is CC(C)[C@H]1c2nc(-c3ccccc3)nn2CCN1C(=O)c1cn[nH]c1-c1cccs1. The summed E-state index contributed by atoms with van der Waals surface area (Å²) in [4.78, 5) is 21.4. The van der Waals surface area contributed by atoms with Crippen LogP contribution in [0.5, 0.6) is 0 Å². The number of benzene rings is 1. The Balaban J connectivity index is 1.52. The second kappa shape index (κ2) is 7.53. The Kier molecular flexibility index (Phi) is 4.71. The lowest BCUT2D eigenvalue weighted by atomic mass is 9.98. The molecule has 5 rings (SSSR count). The largest absolute Gasteiger partial charge is 0.326 e. The van der Waals surface area contributed by atoms with E-state index in [1.165, 1.54) is 0 Å². The summed E-state index contributed by atoms with van der Waals surface area (Å²) in [6, 6.07) is 13.8. The number of amides is 1. The van der Waals surface area contributed by atoms with Crippen molar-refractivity contribution in [3.05, 3.63) is 65.4 Å². The van der Waals surface area contributed by atoms with Crippen LogP contribution in [0.15, 0.2) is 54.0 Å². The Morgan fingerprint density at radius 3 is 2.73 bits per heavy atom. The van der Waals surface area contributed by atoms with Gasteiger partial charge in [0.2, 0.25) is 0 Å². The van der Waals surface area contributed by atoms with Gasteiger partial charge >= 0.3 is 0 Å². The minimum atomic E-state index is -0.151. The van der Waals surface area contributed by atoms with Crippen LogP contribution in [0.25, 0.3) is 22.0 Å². The fourth-order valence-electron chi connectivity index (χ4n) is 4.03.